The number of halogens is 1. The van der Waals surface area contributed by atoms with Gasteiger partial charge in [-0.15, -0.1) is 0 Å². The van der Waals surface area contributed by atoms with Gasteiger partial charge in [-0.05, 0) is 71.8 Å². The van der Waals surface area contributed by atoms with E-state index in [1.807, 2.05) is 36.1 Å². The molecule has 4 rings (SSSR count). The smallest absolute Gasteiger partial charge is 0.286 e. The molecular formula is C29H33FN2O4. The molecule has 1 N–H and O–H groups in total. The van der Waals surface area contributed by atoms with E-state index in [1.54, 1.807) is 18.2 Å². The van der Waals surface area contributed by atoms with Crippen LogP contribution in [0.25, 0.3) is 0 Å². The highest BCUT2D eigenvalue weighted by Gasteiger charge is 2.32. The summed E-state index contributed by atoms with van der Waals surface area (Å²) in [5.41, 5.74) is 2.76. The lowest BCUT2D eigenvalue weighted by Gasteiger charge is -2.38. The van der Waals surface area contributed by atoms with Gasteiger partial charge in [0.1, 0.15) is 23.9 Å². The van der Waals surface area contributed by atoms with Crippen LogP contribution in [0, 0.1) is 11.7 Å². The Morgan fingerprint density at radius 1 is 1.17 bits per heavy atom. The number of carbonyl (C=O) groups excluding carboxylic acids is 2. The van der Waals surface area contributed by atoms with E-state index in [0.717, 1.165) is 29.5 Å². The SMILES string of the molecule is CCC(=O)N1CCc2ccc(OCc3ccc(C(=O)NCCC(C)C)o3)cc2[C@@H]1c1cccc(F)c1. The van der Waals surface area contributed by atoms with Crippen molar-refractivity contribution in [2.45, 2.75) is 52.7 Å². The molecule has 0 bridgehead atoms. The average molecular weight is 493 g/mol. The number of nitrogens with one attached hydrogen (secondary N) is 1. The predicted octanol–water partition coefficient (Wildman–Crippen LogP) is 5.66. The van der Waals surface area contributed by atoms with Crippen LogP contribution in [0.4, 0.5) is 4.39 Å². The van der Waals surface area contributed by atoms with E-state index in [2.05, 4.69) is 19.2 Å². The van der Waals surface area contributed by atoms with Gasteiger partial charge in [0.2, 0.25) is 5.91 Å². The van der Waals surface area contributed by atoms with Gasteiger partial charge in [-0.1, -0.05) is 39.0 Å². The van der Waals surface area contributed by atoms with Crippen molar-refractivity contribution in [2.24, 2.45) is 5.92 Å². The summed E-state index contributed by atoms with van der Waals surface area (Å²) in [6.45, 7) is 7.38. The zero-order valence-corrected chi connectivity index (χ0v) is 21.1. The summed E-state index contributed by atoms with van der Waals surface area (Å²) in [6.07, 6.45) is 2.00. The Bertz CT molecular complexity index is 1220. The number of amides is 2. The molecule has 1 atom stereocenters. The van der Waals surface area contributed by atoms with Crippen LogP contribution in [0.2, 0.25) is 0 Å². The summed E-state index contributed by atoms with van der Waals surface area (Å²) in [4.78, 5) is 26.8. The minimum Gasteiger partial charge on any atom is -0.486 e. The van der Waals surface area contributed by atoms with Crippen molar-refractivity contribution in [3.63, 3.8) is 0 Å². The van der Waals surface area contributed by atoms with Gasteiger partial charge in [0.05, 0.1) is 6.04 Å². The molecule has 1 aliphatic heterocycles. The Hall–Kier alpha value is -3.61. The standard InChI is InChI=1S/C29H33FN2O4/c1-4-27(33)32-15-13-20-8-9-23(17-25(20)28(32)21-6-5-7-22(30)16-21)35-18-24-10-11-26(36-24)29(34)31-14-12-19(2)3/h5-11,16-17,19,28H,4,12-15,18H2,1-3H3,(H,31,34)/t28-/m0/s1. The Labute approximate surface area is 211 Å². The maximum absolute atomic E-state index is 14.1. The third-order valence-corrected chi connectivity index (χ3v) is 6.41. The first-order valence-corrected chi connectivity index (χ1v) is 12.5. The molecule has 2 heterocycles. The molecule has 0 saturated carbocycles. The van der Waals surface area contributed by atoms with Gasteiger partial charge in [0.15, 0.2) is 5.76 Å². The van der Waals surface area contributed by atoms with Gasteiger partial charge in [-0.25, -0.2) is 4.39 Å². The average Bonchev–Trinajstić information content (AvgIpc) is 3.35. The second-order valence-electron chi connectivity index (χ2n) is 9.50. The van der Waals surface area contributed by atoms with Gasteiger partial charge in [-0.2, -0.15) is 0 Å². The van der Waals surface area contributed by atoms with E-state index in [4.69, 9.17) is 9.15 Å². The lowest BCUT2D eigenvalue weighted by molar-refractivity contribution is -0.132. The zero-order chi connectivity index (χ0) is 25.7. The van der Waals surface area contributed by atoms with E-state index in [9.17, 15) is 14.0 Å². The number of rotatable bonds is 9. The van der Waals surface area contributed by atoms with Crippen molar-refractivity contribution < 1.29 is 23.1 Å². The van der Waals surface area contributed by atoms with E-state index < -0.39 is 0 Å². The highest BCUT2D eigenvalue weighted by Crippen LogP contribution is 2.37. The van der Waals surface area contributed by atoms with Crippen LogP contribution in [-0.2, 0) is 17.8 Å². The second-order valence-corrected chi connectivity index (χ2v) is 9.50. The van der Waals surface area contributed by atoms with Gasteiger partial charge in [-0.3, -0.25) is 9.59 Å². The first-order chi connectivity index (χ1) is 17.4. The summed E-state index contributed by atoms with van der Waals surface area (Å²) in [5, 5.41) is 2.86. The fourth-order valence-electron chi connectivity index (χ4n) is 4.48. The van der Waals surface area contributed by atoms with E-state index in [0.29, 0.717) is 36.9 Å². The van der Waals surface area contributed by atoms with Gasteiger partial charge < -0.3 is 19.4 Å². The number of carbonyl (C=O) groups is 2. The van der Waals surface area contributed by atoms with E-state index in [1.165, 1.54) is 12.1 Å². The van der Waals surface area contributed by atoms with E-state index >= 15 is 0 Å². The number of fused-ring (bicyclic) bond motifs is 1. The molecule has 2 aromatic carbocycles. The van der Waals surface area contributed by atoms with Crippen LogP contribution in [0.3, 0.4) is 0 Å². The molecule has 0 fully saturated rings. The molecule has 1 aromatic heterocycles. The normalized spacial score (nSPS) is 15.0. The Kier molecular flexibility index (Phi) is 8.08. The minimum atomic E-state index is -0.384. The molecule has 2 amide bonds. The van der Waals surface area contributed by atoms with Gasteiger partial charge >= 0.3 is 0 Å². The fourth-order valence-corrected chi connectivity index (χ4v) is 4.48. The van der Waals surface area contributed by atoms with Crippen LogP contribution in [-0.4, -0.2) is 29.8 Å². The third kappa shape index (κ3) is 5.96. The molecule has 1 aliphatic rings. The molecule has 3 aromatic rings. The molecule has 6 nitrogen and oxygen atoms in total. The fraction of sp³-hybridized carbons (Fsp3) is 0.379. The quantitative estimate of drug-likeness (QED) is 0.419. The van der Waals surface area contributed by atoms with Crippen molar-refractivity contribution in [2.75, 3.05) is 13.1 Å². The van der Waals surface area contributed by atoms with Gasteiger partial charge in [0.25, 0.3) is 5.91 Å². The lowest BCUT2D eigenvalue weighted by atomic mass is 9.87. The maximum Gasteiger partial charge on any atom is 0.286 e. The number of nitrogens with zero attached hydrogens (tertiary/aromatic N) is 1. The van der Waals surface area contributed by atoms with Crippen molar-refractivity contribution in [3.8, 4) is 5.75 Å². The summed E-state index contributed by atoms with van der Waals surface area (Å²) in [5.74, 6) is 1.35. The van der Waals surface area contributed by atoms with Crippen molar-refractivity contribution >= 4 is 11.8 Å². The van der Waals surface area contributed by atoms with Crippen molar-refractivity contribution in [3.05, 3.63) is 88.6 Å². The molecule has 0 radical (unpaired) electrons. The van der Waals surface area contributed by atoms with Crippen LogP contribution in [0.5, 0.6) is 5.75 Å². The third-order valence-electron chi connectivity index (χ3n) is 6.41. The zero-order valence-electron chi connectivity index (χ0n) is 21.1. The lowest BCUT2D eigenvalue weighted by Crippen LogP contribution is -2.40. The van der Waals surface area contributed by atoms with Crippen LogP contribution >= 0.6 is 0 Å². The number of hydrogen-bond acceptors (Lipinski definition) is 4. The van der Waals surface area contributed by atoms with E-state index in [-0.39, 0.29) is 36.0 Å². The highest BCUT2D eigenvalue weighted by molar-refractivity contribution is 5.91. The van der Waals surface area contributed by atoms with Crippen molar-refractivity contribution in [1.82, 2.24) is 10.2 Å². The second kappa shape index (κ2) is 11.4. The molecule has 0 spiro atoms. The molecule has 36 heavy (non-hydrogen) atoms. The predicted molar refractivity (Wildman–Crippen MR) is 135 cm³/mol. The van der Waals surface area contributed by atoms with Crippen LogP contribution < -0.4 is 10.1 Å². The first-order valence-electron chi connectivity index (χ1n) is 12.5. The Balaban J connectivity index is 1.50. The van der Waals surface area contributed by atoms with Crippen LogP contribution in [0.15, 0.2) is 59.0 Å². The molecule has 0 unspecified atom stereocenters. The maximum atomic E-state index is 14.1. The number of ether oxygens (including phenoxy) is 1. The molecule has 0 aliphatic carbocycles. The summed E-state index contributed by atoms with van der Waals surface area (Å²) >= 11 is 0. The Morgan fingerprint density at radius 2 is 2.00 bits per heavy atom. The summed E-state index contributed by atoms with van der Waals surface area (Å²) < 4.78 is 25.8. The summed E-state index contributed by atoms with van der Waals surface area (Å²) in [6, 6.07) is 15.2. The topological polar surface area (TPSA) is 71.8 Å². The number of furan rings is 1. The molecule has 7 heteroatoms. The largest absolute Gasteiger partial charge is 0.486 e. The monoisotopic (exact) mass is 492 g/mol. The Morgan fingerprint density at radius 3 is 2.75 bits per heavy atom. The first kappa shape index (κ1) is 25.5. The summed E-state index contributed by atoms with van der Waals surface area (Å²) in [7, 11) is 0. The van der Waals surface area contributed by atoms with Gasteiger partial charge in [0, 0.05) is 19.5 Å². The minimum absolute atomic E-state index is 0.0241. The highest BCUT2D eigenvalue weighted by atomic mass is 19.1. The number of hydrogen-bond donors (Lipinski definition) is 1. The molecule has 190 valence electrons. The molecule has 0 saturated heterocycles. The van der Waals surface area contributed by atoms with Crippen LogP contribution in [0.1, 0.15) is 72.7 Å². The number of benzene rings is 2. The van der Waals surface area contributed by atoms with Crippen molar-refractivity contribution in [1.29, 1.82) is 0 Å². The molecular weight excluding hydrogens is 459 g/mol.